The van der Waals surface area contributed by atoms with E-state index in [0.717, 1.165) is 5.03 Å². The zero-order valence-electron chi connectivity index (χ0n) is 10.2. The zero-order valence-corrected chi connectivity index (χ0v) is 14.6. The van der Waals surface area contributed by atoms with Crippen LogP contribution in [0.2, 0.25) is 0 Å². The van der Waals surface area contributed by atoms with E-state index in [0.29, 0.717) is 6.61 Å². The molecule has 1 aromatic heterocycles. The van der Waals surface area contributed by atoms with Gasteiger partial charge < -0.3 is 17.0 Å². The molecule has 0 aliphatic rings. The van der Waals surface area contributed by atoms with Crippen molar-refractivity contribution in [1.29, 1.82) is 0 Å². The van der Waals surface area contributed by atoms with E-state index in [1.54, 1.807) is 27.8 Å². The minimum absolute atomic E-state index is 0. The summed E-state index contributed by atoms with van der Waals surface area (Å²) in [4.78, 5) is 14.1. The Morgan fingerprint density at radius 1 is 1.47 bits per heavy atom. The fraction of sp³-hybridized carbons (Fsp3) is 0.364. The van der Waals surface area contributed by atoms with Gasteiger partial charge in [-0.05, 0) is 36.8 Å². The Morgan fingerprint density at radius 2 is 2.18 bits per heavy atom. The standard InChI is InChI=1S/C10H12NO2S2.CH3.Y/c1-10(2,7-13-8-12)15-14-9-5-3-4-6-11-9;;/h3-6H,7H2,1-2H3;1H3;/q2*-1;. The van der Waals surface area contributed by atoms with Gasteiger partial charge >= 0.3 is 0 Å². The number of carbonyl (C=O) groups excluding carboxylic acids is 1. The molecule has 93 valence electrons. The van der Waals surface area contributed by atoms with Gasteiger partial charge in [-0.25, -0.2) is 4.98 Å². The molecule has 1 heterocycles. The minimum Gasteiger partial charge on any atom is -0.652 e. The summed E-state index contributed by atoms with van der Waals surface area (Å²) >= 11 is 0. The number of hydrogen-bond donors (Lipinski definition) is 0. The van der Waals surface area contributed by atoms with Gasteiger partial charge in [0.05, 0.1) is 11.4 Å². The first-order valence-electron chi connectivity index (χ1n) is 4.40. The van der Waals surface area contributed by atoms with Gasteiger partial charge in [-0.1, -0.05) is 23.3 Å². The molecule has 0 aliphatic carbocycles. The summed E-state index contributed by atoms with van der Waals surface area (Å²) in [6, 6.07) is 5.77. The molecule has 1 radical (unpaired) electrons. The van der Waals surface area contributed by atoms with Crippen LogP contribution in [0.25, 0.3) is 0 Å². The SMILES string of the molecule is CC(C)(CO[C-]=O)SSc1ccccn1.[CH3-].[Y]. The summed E-state index contributed by atoms with van der Waals surface area (Å²) < 4.78 is 4.49. The number of ether oxygens (including phenoxy) is 1. The Hall–Kier alpha value is 0.424. The van der Waals surface area contributed by atoms with E-state index in [-0.39, 0.29) is 44.9 Å². The van der Waals surface area contributed by atoms with Crippen molar-refractivity contribution in [1.82, 2.24) is 4.98 Å². The van der Waals surface area contributed by atoms with Crippen LogP contribution in [0.5, 0.6) is 0 Å². The average molecular weight is 346 g/mol. The number of hydrogen-bond acceptors (Lipinski definition) is 5. The third-order valence-corrected chi connectivity index (χ3v) is 4.65. The van der Waals surface area contributed by atoms with Crippen LogP contribution in [0.1, 0.15) is 13.8 Å². The maximum Gasteiger partial charge on any atom is 0.106 e. The van der Waals surface area contributed by atoms with Crippen LogP contribution in [0.15, 0.2) is 29.4 Å². The second-order valence-corrected chi connectivity index (χ2v) is 6.32. The molecule has 6 heteroatoms. The van der Waals surface area contributed by atoms with Gasteiger partial charge in [-0.15, -0.1) is 0 Å². The summed E-state index contributed by atoms with van der Waals surface area (Å²) in [5.41, 5.74) is 0. The maximum absolute atomic E-state index is 9.95. The monoisotopic (exact) mass is 346 g/mol. The predicted molar refractivity (Wildman–Crippen MR) is 69.8 cm³/mol. The zero-order chi connectivity index (χ0) is 11.1. The van der Waals surface area contributed by atoms with E-state index < -0.39 is 0 Å². The molecule has 3 nitrogen and oxygen atoms in total. The fourth-order valence-electron chi connectivity index (χ4n) is 0.779. The van der Waals surface area contributed by atoms with E-state index in [4.69, 9.17) is 0 Å². The van der Waals surface area contributed by atoms with Crippen molar-refractivity contribution in [3.05, 3.63) is 31.8 Å². The molecule has 0 spiro atoms. The number of pyridine rings is 1. The molecule has 0 aromatic carbocycles. The predicted octanol–water partition coefficient (Wildman–Crippen LogP) is 3.13. The van der Waals surface area contributed by atoms with Crippen molar-refractivity contribution in [2.45, 2.75) is 23.6 Å². The Labute approximate surface area is 136 Å². The van der Waals surface area contributed by atoms with E-state index in [2.05, 4.69) is 9.72 Å². The largest absolute Gasteiger partial charge is 0.652 e. The molecule has 0 bridgehead atoms. The molecule has 0 atom stereocenters. The molecule has 17 heavy (non-hydrogen) atoms. The Balaban J connectivity index is 0. The first-order valence-corrected chi connectivity index (χ1v) is 6.55. The summed E-state index contributed by atoms with van der Waals surface area (Å²) in [5, 5.41) is 0.950. The molecule has 1 rings (SSSR count). The van der Waals surface area contributed by atoms with E-state index >= 15 is 0 Å². The first kappa shape index (κ1) is 19.8. The molecule has 1 aromatic rings. The van der Waals surface area contributed by atoms with Gasteiger partial charge in [0.1, 0.15) is 5.03 Å². The van der Waals surface area contributed by atoms with Crippen LogP contribution in [0.4, 0.5) is 0 Å². The second kappa shape index (κ2) is 10.4. The Morgan fingerprint density at radius 3 is 2.71 bits per heavy atom. The summed E-state index contributed by atoms with van der Waals surface area (Å²) in [6.07, 6.45) is 1.76. The topological polar surface area (TPSA) is 39.2 Å². The quantitative estimate of drug-likeness (QED) is 0.585. The van der Waals surface area contributed by atoms with Crippen molar-refractivity contribution in [3.63, 3.8) is 0 Å². The third kappa shape index (κ3) is 9.06. The molecule has 0 saturated carbocycles. The Bertz CT molecular complexity index is 310. The van der Waals surface area contributed by atoms with Gasteiger partial charge in [0.15, 0.2) is 0 Å². The van der Waals surface area contributed by atoms with Gasteiger partial charge in [0.2, 0.25) is 0 Å². The van der Waals surface area contributed by atoms with Crippen LogP contribution in [0.3, 0.4) is 0 Å². The van der Waals surface area contributed by atoms with Crippen molar-refractivity contribution in [3.8, 4) is 0 Å². The van der Waals surface area contributed by atoms with E-state index in [1.165, 1.54) is 6.47 Å². The molecular formula is C11H15NO2S2Y-2. The summed E-state index contributed by atoms with van der Waals surface area (Å²) in [5.74, 6) is 0. The number of aromatic nitrogens is 1. The van der Waals surface area contributed by atoms with Crippen LogP contribution < -0.4 is 0 Å². The van der Waals surface area contributed by atoms with Gasteiger partial charge in [-0.2, -0.15) is 0 Å². The number of nitrogens with zero attached hydrogens (tertiary/aromatic N) is 1. The normalized spacial score (nSPS) is 9.76. The van der Waals surface area contributed by atoms with Gasteiger partial charge in [0.25, 0.3) is 0 Å². The van der Waals surface area contributed by atoms with Crippen molar-refractivity contribution in [2.75, 3.05) is 6.61 Å². The van der Waals surface area contributed by atoms with Crippen molar-refractivity contribution in [2.24, 2.45) is 0 Å². The van der Waals surface area contributed by atoms with Gasteiger partial charge in [0, 0.05) is 38.9 Å². The average Bonchev–Trinajstić information content (AvgIpc) is 2.25. The van der Waals surface area contributed by atoms with Crippen LogP contribution >= 0.6 is 21.6 Å². The van der Waals surface area contributed by atoms with Crippen LogP contribution in [-0.2, 0) is 42.2 Å². The summed E-state index contributed by atoms with van der Waals surface area (Å²) in [7, 11) is 3.20. The smallest absolute Gasteiger partial charge is 0.106 e. The fourth-order valence-corrected chi connectivity index (χ4v) is 2.81. The van der Waals surface area contributed by atoms with Crippen LogP contribution in [-0.4, -0.2) is 22.8 Å². The molecule has 0 unspecified atom stereocenters. The molecule has 0 amide bonds. The van der Waals surface area contributed by atoms with Crippen molar-refractivity contribution >= 4 is 28.1 Å². The van der Waals surface area contributed by atoms with E-state index in [1.807, 2.05) is 32.0 Å². The molecular weight excluding hydrogens is 331 g/mol. The van der Waals surface area contributed by atoms with Crippen molar-refractivity contribution < 1.29 is 42.2 Å². The summed E-state index contributed by atoms with van der Waals surface area (Å²) in [6.45, 7) is 5.79. The maximum atomic E-state index is 9.95. The molecule has 0 N–H and O–H groups in total. The molecule has 0 fully saturated rings. The minimum atomic E-state index is -0.139. The first-order chi connectivity index (χ1) is 7.14. The molecule has 0 saturated heterocycles. The molecule has 0 aliphatic heterocycles. The van der Waals surface area contributed by atoms with E-state index in [9.17, 15) is 4.79 Å². The second-order valence-electron chi connectivity index (χ2n) is 3.47. The number of rotatable bonds is 6. The third-order valence-electron chi connectivity index (χ3n) is 1.47. The van der Waals surface area contributed by atoms with Gasteiger partial charge in [-0.3, -0.25) is 0 Å². The Kier molecular flexibility index (Phi) is 12.0. The van der Waals surface area contributed by atoms with Crippen LogP contribution in [0, 0.1) is 7.43 Å².